The lowest BCUT2D eigenvalue weighted by atomic mass is 10.3. The Morgan fingerprint density at radius 3 is 2.78 bits per heavy atom. The number of aryl methyl sites for hydroxylation is 2. The van der Waals surface area contributed by atoms with Crippen LogP contribution in [0.2, 0.25) is 0 Å². The highest BCUT2D eigenvalue weighted by atomic mass is 32.1. The van der Waals surface area contributed by atoms with Crippen molar-refractivity contribution in [3.05, 3.63) is 39.5 Å². The minimum atomic E-state index is -0.443. The van der Waals surface area contributed by atoms with Gasteiger partial charge in [0.15, 0.2) is 0 Å². The Bertz CT molecular complexity index is 630. The maximum Gasteiger partial charge on any atom is 0.266 e. The van der Waals surface area contributed by atoms with E-state index in [9.17, 15) is 9.59 Å². The van der Waals surface area contributed by atoms with Crippen molar-refractivity contribution in [1.29, 1.82) is 0 Å². The first-order chi connectivity index (χ1) is 8.56. The van der Waals surface area contributed by atoms with E-state index in [1.54, 1.807) is 17.4 Å². The molecule has 6 heteroatoms. The second-order valence-electron chi connectivity index (χ2n) is 3.91. The number of amides is 1. The number of nitrogens with two attached hydrogens (primary N) is 1. The molecule has 0 aliphatic rings. The molecule has 0 aromatic carbocycles. The third-order valence-electron chi connectivity index (χ3n) is 2.43. The van der Waals surface area contributed by atoms with E-state index >= 15 is 0 Å². The van der Waals surface area contributed by atoms with Gasteiger partial charge in [-0.3, -0.25) is 9.59 Å². The zero-order chi connectivity index (χ0) is 13.1. The summed E-state index contributed by atoms with van der Waals surface area (Å²) >= 11 is 1.61. The number of primary amides is 1. The Balaban J connectivity index is 2.31. The van der Waals surface area contributed by atoms with Crippen molar-refractivity contribution in [1.82, 2.24) is 9.78 Å². The largest absolute Gasteiger partial charge is 0.370 e. The Hall–Kier alpha value is -1.95. The van der Waals surface area contributed by atoms with Gasteiger partial charge in [-0.15, -0.1) is 11.3 Å². The Kier molecular flexibility index (Phi) is 3.57. The first-order valence-electron chi connectivity index (χ1n) is 5.49. The standard InChI is InChI=1S/C12H13N3O2S/c1-8-2-4-10(18-8)9-3-5-12(17)15(14-9)7-6-11(13)16/h2-5H,6-7H2,1H3,(H2,13,16). The van der Waals surface area contributed by atoms with E-state index in [2.05, 4.69) is 5.10 Å². The summed E-state index contributed by atoms with van der Waals surface area (Å²) < 4.78 is 1.27. The molecule has 2 aromatic heterocycles. The smallest absolute Gasteiger partial charge is 0.266 e. The van der Waals surface area contributed by atoms with Crippen molar-refractivity contribution in [2.75, 3.05) is 0 Å². The average molecular weight is 263 g/mol. The molecule has 2 aromatic rings. The van der Waals surface area contributed by atoms with Crippen molar-refractivity contribution >= 4 is 17.2 Å². The molecule has 2 rings (SSSR count). The SMILES string of the molecule is Cc1ccc(-c2ccc(=O)n(CCC(N)=O)n2)s1. The molecule has 0 spiro atoms. The van der Waals surface area contributed by atoms with Crippen LogP contribution in [0.4, 0.5) is 0 Å². The van der Waals surface area contributed by atoms with Gasteiger partial charge in [-0.25, -0.2) is 4.68 Å². The molecule has 5 nitrogen and oxygen atoms in total. The van der Waals surface area contributed by atoms with Gasteiger partial charge in [0.05, 0.1) is 11.4 Å². The predicted molar refractivity (Wildman–Crippen MR) is 70.4 cm³/mol. The lowest BCUT2D eigenvalue weighted by Gasteiger charge is -2.04. The number of hydrogen-bond acceptors (Lipinski definition) is 4. The van der Waals surface area contributed by atoms with E-state index in [0.29, 0.717) is 0 Å². The Labute approximate surface area is 108 Å². The molecule has 0 fully saturated rings. The number of rotatable bonds is 4. The first-order valence-corrected chi connectivity index (χ1v) is 6.31. The third kappa shape index (κ3) is 2.84. The van der Waals surface area contributed by atoms with Crippen molar-refractivity contribution in [2.24, 2.45) is 5.73 Å². The highest BCUT2D eigenvalue weighted by molar-refractivity contribution is 7.15. The summed E-state index contributed by atoms with van der Waals surface area (Å²) in [5.74, 6) is -0.443. The van der Waals surface area contributed by atoms with Crippen LogP contribution in [-0.2, 0) is 11.3 Å². The molecule has 0 saturated heterocycles. The lowest BCUT2D eigenvalue weighted by molar-refractivity contribution is -0.118. The summed E-state index contributed by atoms with van der Waals surface area (Å²) in [5.41, 5.74) is 5.57. The van der Waals surface area contributed by atoms with Gasteiger partial charge in [-0.1, -0.05) is 0 Å². The summed E-state index contributed by atoms with van der Waals surface area (Å²) in [6.07, 6.45) is 0.111. The highest BCUT2D eigenvalue weighted by Crippen LogP contribution is 2.24. The number of hydrogen-bond donors (Lipinski definition) is 1. The Morgan fingerprint density at radius 1 is 1.39 bits per heavy atom. The van der Waals surface area contributed by atoms with Gasteiger partial charge in [0.25, 0.3) is 5.56 Å². The van der Waals surface area contributed by atoms with Crippen LogP contribution in [0, 0.1) is 6.92 Å². The first kappa shape index (κ1) is 12.5. The number of carbonyl (C=O) groups is 1. The molecule has 0 aliphatic heterocycles. The average Bonchev–Trinajstić information content (AvgIpc) is 2.74. The van der Waals surface area contributed by atoms with Crippen LogP contribution in [0.1, 0.15) is 11.3 Å². The quantitative estimate of drug-likeness (QED) is 0.899. The monoisotopic (exact) mass is 263 g/mol. The van der Waals surface area contributed by atoms with Gasteiger partial charge in [-0.05, 0) is 25.1 Å². The van der Waals surface area contributed by atoms with Gasteiger partial charge >= 0.3 is 0 Å². The maximum absolute atomic E-state index is 11.6. The normalized spacial score (nSPS) is 10.5. The second kappa shape index (κ2) is 5.14. The van der Waals surface area contributed by atoms with E-state index < -0.39 is 5.91 Å². The number of nitrogens with zero attached hydrogens (tertiary/aromatic N) is 2. The molecular weight excluding hydrogens is 250 g/mol. The van der Waals surface area contributed by atoms with Gasteiger partial charge in [0, 0.05) is 17.4 Å². The van der Waals surface area contributed by atoms with Crippen molar-refractivity contribution in [2.45, 2.75) is 19.9 Å². The van der Waals surface area contributed by atoms with Crippen LogP contribution in [-0.4, -0.2) is 15.7 Å². The fraction of sp³-hybridized carbons (Fsp3) is 0.250. The van der Waals surface area contributed by atoms with Crippen LogP contribution in [0.5, 0.6) is 0 Å². The van der Waals surface area contributed by atoms with Crippen molar-refractivity contribution in [3.8, 4) is 10.6 Å². The molecular formula is C12H13N3O2S. The fourth-order valence-corrected chi connectivity index (χ4v) is 2.36. The number of carbonyl (C=O) groups excluding carboxylic acids is 1. The van der Waals surface area contributed by atoms with Crippen LogP contribution in [0.3, 0.4) is 0 Å². The van der Waals surface area contributed by atoms with E-state index in [-0.39, 0.29) is 18.5 Å². The van der Waals surface area contributed by atoms with Gasteiger partial charge < -0.3 is 5.73 Å². The predicted octanol–water partition coefficient (Wildman–Crippen LogP) is 1.16. The highest BCUT2D eigenvalue weighted by Gasteiger charge is 2.06. The van der Waals surface area contributed by atoms with E-state index in [1.165, 1.54) is 15.6 Å². The molecule has 94 valence electrons. The van der Waals surface area contributed by atoms with Crippen LogP contribution < -0.4 is 11.3 Å². The summed E-state index contributed by atoms with van der Waals surface area (Å²) in [6.45, 7) is 2.23. The maximum atomic E-state index is 11.6. The van der Waals surface area contributed by atoms with Crippen LogP contribution in [0.25, 0.3) is 10.6 Å². The molecule has 2 heterocycles. The lowest BCUT2D eigenvalue weighted by Crippen LogP contribution is -2.25. The zero-order valence-corrected chi connectivity index (χ0v) is 10.7. The summed E-state index contributed by atoms with van der Waals surface area (Å²) in [4.78, 5) is 24.5. The number of thiophene rings is 1. The summed E-state index contributed by atoms with van der Waals surface area (Å²) in [6, 6.07) is 7.11. The molecule has 0 radical (unpaired) electrons. The van der Waals surface area contributed by atoms with E-state index in [1.807, 2.05) is 19.1 Å². The van der Waals surface area contributed by atoms with Crippen LogP contribution >= 0.6 is 11.3 Å². The van der Waals surface area contributed by atoms with Gasteiger partial charge in [-0.2, -0.15) is 5.10 Å². The van der Waals surface area contributed by atoms with Crippen LogP contribution in [0.15, 0.2) is 29.1 Å². The van der Waals surface area contributed by atoms with E-state index in [0.717, 1.165) is 10.6 Å². The summed E-state index contributed by atoms with van der Waals surface area (Å²) in [7, 11) is 0. The molecule has 0 aliphatic carbocycles. The Morgan fingerprint density at radius 2 is 2.17 bits per heavy atom. The molecule has 0 saturated carbocycles. The molecule has 18 heavy (non-hydrogen) atoms. The third-order valence-corrected chi connectivity index (χ3v) is 3.45. The zero-order valence-electron chi connectivity index (χ0n) is 9.92. The molecule has 0 unspecified atom stereocenters. The minimum Gasteiger partial charge on any atom is -0.370 e. The molecule has 2 N–H and O–H groups in total. The second-order valence-corrected chi connectivity index (χ2v) is 5.19. The topological polar surface area (TPSA) is 78.0 Å². The minimum absolute atomic E-state index is 0.111. The van der Waals surface area contributed by atoms with Crippen molar-refractivity contribution < 1.29 is 4.79 Å². The summed E-state index contributed by atoms with van der Waals surface area (Å²) in [5, 5.41) is 4.23. The molecule has 0 atom stereocenters. The van der Waals surface area contributed by atoms with Crippen molar-refractivity contribution in [3.63, 3.8) is 0 Å². The molecule has 0 bridgehead atoms. The van der Waals surface area contributed by atoms with Gasteiger partial charge in [0.1, 0.15) is 5.69 Å². The molecule has 1 amide bonds. The number of aromatic nitrogens is 2. The van der Waals surface area contributed by atoms with E-state index in [4.69, 9.17) is 5.73 Å². The fourth-order valence-electron chi connectivity index (χ4n) is 1.53. The van der Waals surface area contributed by atoms with Gasteiger partial charge in [0.2, 0.25) is 5.91 Å².